The van der Waals surface area contributed by atoms with Crippen LogP contribution in [0.2, 0.25) is 0 Å². The normalized spacial score (nSPS) is 28.9. The molecule has 0 radical (unpaired) electrons. The third-order valence-electron chi connectivity index (χ3n) is 4.33. The molecule has 2 aliphatic heterocycles. The van der Waals surface area contributed by atoms with Crippen molar-refractivity contribution in [3.8, 4) is 0 Å². The zero-order chi connectivity index (χ0) is 12.1. The summed E-state index contributed by atoms with van der Waals surface area (Å²) in [5.74, 6) is 0. The van der Waals surface area contributed by atoms with E-state index in [-0.39, 0.29) is 0 Å². The average molecular weight is 240 g/mol. The van der Waals surface area contributed by atoms with E-state index in [0.717, 1.165) is 12.6 Å². The first-order chi connectivity index (χ1) is 8.35. The lowest BCUT2D eigenvalue weighted by atomic mass is 10.1. The van der Waals surface area contributed by atoms with Gasteiger partial charge in [0.15, 0.2) is 0 Å². The molecule has 2 heterocycles. The Labute approximate surface area is 106 Å². The van der Waals surface area contributed by atoms with Gasteiger partial charge >= 0.3 is 0 Å². The summed E-state index contributed by atoms with van der Waals surface area (Å²) in [5.41, 5.74) is 0. The van der Waals surface area contributed by atoms with Gasteiger partial charge in [0.25, 0.3) is 0 Å². The number of nitrogens with zero attached hydrogens (tertiary/aromatic N) is 2. The average Bonchev–Trinajstić information content (AvgIpc) is 2.66. The molecule has 3 heteroatoms. The smallest absolute Gasteiger partial charge is 0.0618 e. The van der Waals surface area contributed by atoms with Gasteiger partial charge in [-0.2, -0.15) is 0 Å². The van der Waals surface area contributed by atoms with Crippen molar-refractivity contribution < 1.29 is 4.74 Å². The fourth-order valence-corrected chi connectivity index (χ4v) is 3.46. The van der Waals surface area contributed by atoms with Crippen molar-refractivity contribution in [1.82, 2.24) is 9.80 Å². The van der Waals surface area contributed by atoms with Gasteiger partial charge < -0.3 is 4.74 Å². The third kappa shape index (κ3) is 3.43. The lowest BCUT2D eigenvalue weighted by molar-refractivity contribution is 0.0792. The molecule has 0 aromatic carbocycles. The second-order valence-electron chi connectivity index (χ2n) is 5.58. The third-order valence-corrected chi connectivity index (χ3v) is 4.33. The standard InChI is InChI=1S/C14H28N2O/c1-3-6-14(12-17-2)16-10-5-9-15-8-4-7-13(15)11-16/h13-14H,3-12H2,1-2H3. The highest BCUT2D eigenvalue weighted by atomic mass is 16.5. The van der Waals surface area contributed by atoms with E-state index < -0.39 is 0 Å². The van der Waals surface area contributed by atoms with Crippen LogP contribution in [0.3, 0.4) is 0 Å². The van der Waals surface area contributed by atoms with Crippen LogP contribution in [0.4, 0.5) is 0 Å². The Morgan fingerprint density at radius 1 is 1.24 bits per heavy atom. The largest absolute Gasteiger partial charge is 0.383 e. The number of methoxy groups -OCH3 is 1. The molecule has 0 N–H and O–H groups in total. The van der Waals surface area contributed by atoms with Gasteiger partial charge in [-0.05, 0) is 45.3 Å². The van der Waals surface area contributed by atoms with Crippen molar-refractivity contribution in [2.75, 3.05) is 39.9 Å². The molecular weight excluding hydrogens is 212 g/mol. The number of rotatable bonds is 5. The quantitative estimate of drug-likeness (QED) is 0.731. The Morgan fingerprint density at radius 2 is 2.06 bits per heavy atom. The zero-order valence-electron chi connectivity index (χ0n) is 11.5. The molecule has 0 amide bonds. The van der Waals surface area contributed by atoms with Crippen molar-refractivity contribution in [3.05, 3.63) is 0 Å². The van der Waals surface area contributed by atoms with Crippen LogP contribution in [0.5, 0.6) is 0 Å². The van der Waals surface area contributed by atoms with Gasteiger partial charge in [0, 0.05) is 25.7 Å². The molecule has 2 atom stereocenters. The summed E-state index contributed by atoms with van der Waals surface area (Å²) in [7, 11) is 1.84. The molecule has 0 bridgehead atoms. The van der Waals surface area contributed by atoms with E-state index >= 15 is 0 Å². The fraction of sp³-hybridized carbons (Fsp3) is 1.00. The lowest BCUT2D eigenvalue weighted by Gasteiger charge is -2.32. The van der Waals surface area contributed by atoms with Crippen LogP contribution in [0, 0.1) is 0 Å². The van der Waals surface area contributed by atoms with E-state index in [0.29, 0.717) is 6.04 Å². The van der Waals surface area contributed by atoms with Gasteiger partial charge in [0.1, 0.15) is 0 Å². The first kappa shape index (κ1) is 13.3. The van der Waals surface area contributed by atoms with E-state index in [4.69, 9.17) is 4.74 Å². The topological polar surface area (TPSA) is 15.7 Å². The van der Waals surface area contributed by atoms with Crippen LogP contribution >= 0.6 is 0 Å². The summed E-state index contributed by atoms with van der Waals surface area (Å²) in [5, 5.41) is 0. The van der Waals surface area contributed by atoms with Crippen LogP contribution in [0.15, 0.2) is 0 Å². The molecule has 0 aliphatic carbocycles. The Kier molecular flexibility index (Phi) is 5.26. The molecule has 2 aliphatic rings. The Morgan fingerprint density at radius 3 is 2.82 bits per heavy atom. The van der Waals surface area contributed by atoms with Gasteiger partial charge in [0.05, 0.1) is 6.61 Å². The van der Waals surface area contributed by atoms with Crippen LogP contribution in [-0.2, 0) is 4.74 Å². The van der Waals surface area contributed by atoms with Crippen LogP contribution in [0.25, 0.3) is 0 Å². The highest BCUT2D eigenvalue weighted by molar-refractivity contribution is 4.87. The zero-order valence-corrected chi connectivity index (χ0v) is 11.5. The van der Waals surface area contributed by atoms with Gasteiger partial charge in [0.2, 0.25) is 0 Å². The Hall–Kier alpha value is -0.120. The van der Waals surface area contributed by atoms with E-state index in [9.17, 15) is 0 Å². The molecule has 100 valence electrons. The number of ether oxygens (including phenoxy) is 1. The van der Waals surface area contributed by atoms with Crippen molar-refractivity contribution in [2.45, 2.75) is 51.1 Å². The Balaban J connectivity index is 1.93. The molecule has 2 fully saturated rings. The minimum atomic E-state index is 0.644. The summed E-state index contributed by atoms with van der Waals surface area (Å²) in [6, 6.07) is 1.47. The van der Waals surface area contributed by atoms with Crippen molar-refractivity contribution in [3.63, 3.8) is 0 Å². The lowest BCUT2D eigenvalue weighted by Crippen LogP contribution is -2.43. The maximum atomic E-state index is 5.41. The second-order valence-corrected chi connectivity index (χ2v) is 5.58. The molecule has 17 heavy (non-hydrogen) atoms. The number of hydrogen-bond acceptors (Lipinski definition) is 3. The van der Waals surface area contributed by atoms with Gasteiger partial charge in [-0.1, -0.05) is 13.3 Å². The summed E-state index contributed by atoms with van der Waals surface area (Å²) in [6.07, 6.45) is 6.68. The van der Waals surface area contributed by atoms with Crippen molar-refractivity contribution >= 4 is 0 Å². The molecule has 2 saturated heterocycles. The van der Waals surface area contributed by atoms with Gasteiger partial charge in [-0.25, -0.2) is 0 Å². The van der Waals surface area contributed by atoms with E-state index in [1.807, 2.05) is 7.11 Å². The van der Waals surface area contributed by atoms with Crippen LogP contribution < -0.4 is 0 Å². The summed E-state index contributed by atoms with van der Waals surface area (Å²) < 4.78 is 5.41. The minimum absolute atomic E-state index is 0.644. The number of hydrogen-bond donors (Lipinski definition) is 0. The predicted octanol–water partition coefficient (Wildman–Crippen LogP) is 1.97. The van der Waals surface area contributed by atoms with Crippen molar-refractivity contribution in [1.29, 1.82) is 0 Å². The molecule has 0 aromatic rings. The highest BCUT2D eigenvalue weighted by Gasteiger charge is 2.31. The fourth-order valence-electron chi connectivity index (χ4n) is 3.46. The van der Waals surface area contributed by atoms with E-state index in [2.05, 4.69) is 16.7 Å². The SMILES string of the molecule is CCCC(COC)N1CCCN2CCCC2C1. The summed E-state index contributed by atoms with van der Waals surface area (Å²) >= 11 is 0. The molecular formula is C14H28N2O. The summed E-state index contributed by atoms with van der Waals surface area (Å²) in [6.45, 7) is 8.37. The van der Waals surface area contributed by atoms with Gasteiger partial charge in [-0.3, -0.25) is 9.80 Å². The molecule has 0 saturated carbocycles. The first-order valence-electron chi connectivity index (χ1n) is 7.32. The highest BCUT2D eigenvalue weighted by Crippen LogP contribution is 2.23. The monoisotopic (exact) mass is 240 g/mol. The minimum Gasteiger partial charge on any atom is -0.383 e. The predicted molar refractivity (Wildman–Crippen MR) is 71.4 cm³/mol. The molecule has 0 spiro atoms. The Bertz CT molecular complexity index is 216. The van der Waals surface area contributed by atoms with E-state index in [1.165, 1.54) is 58.3 Å². The maximum absolute atomic E-state index is 5.41. The maximum Gasteiger partial charge on any atom is 0.0618 e. The first-order valence-corrected chi connectivity index (χ1v) is 7.32. The summed E-state index contributed by atoms with van der Waals surface area (Å²) in [4.78, 5) is 5.40. The van der Waals surface area contributed by atoms with Crippen molar-refractivity contribution in [2.24, 2.45) is 0 Å². The van der Waals surface area contributed by atoms with E-state index in [1.54, 1.807) is 0 Å². The molecule has 2 rings (SSSR count). The molecule has 0 aromatic heterocycles. The second kappa shape index (κ2) is 6.72. The molecule has 2 unspecified atom stereocenters. The van der Waals surface area contributed by atoms with Crippen LogP contribution in [0.1, 0.15) is 39.0 Å². The van der Waals surface area contributed by atoms with Crippen LogP contribution in [-0.4, -0.2) is 61.8 Å². The molecule has 3 nitrogen and oxygen atoms in total. The van der Waals surface area contributed by atoms with Gasteiger partial charge in [-0.15, -0.1) is 0 Å². The number of fused-ring (bicyclic) bond motifs is 1.